The SMILES string of the molecule is CC1=N[C@H]2C(O1)O[C@H](CO)[C@H](O)[C@@H]2O. The van der Waals surface area contributed by atoms with Gasteiger partial charge in [-0.25, -0.2) is 4.99 Å². The van der Waals surface area contributed by atoms with Gasteiger partial charge in [-0.05, 0) is 0 Å². The molecular formula is C8H13NO5. The molecule has 2 heterocycles. The van der Waals surface area contributed by atoms with Crippen LogP contribution in [0.15, 0.2) is 4.99 Å². The van der Waals surface area contributed by atoms with Gasteiger partial charge in [0.1, 0.15) is 24.4 Å². The van der Waals surface area contributed by atoms with E-state index < -0.39 is 30.6 Å². The van der Waals surface area contributed by atoms with Crippen molar-refractivity contribution in [1.82, 2.24) is 0 Å². The van der Waals surface area contributed by atoms with E-state index in [1.54, 1.807) is 6.92 Å². The predicted octanol–water partition coefficient (Wildman–Crippen LogP) is -1.76. The minimum absolute atomic E-state index is 0.357. The molecule has 3 N–H and O–H groups in total. The first kappa shape index (κ1) is 9.85. The number of rotatable bonds is 1. The van der Waals surface area contributed by atoms with Crippen molar-refractivity contribution in [2.75, 3.05) is 6.61 Å². The second-order valence-electron chi connectivity index (χ2n) is 3.46. The van der Waals surface area contributed by atoms with Gasteiger partial charge in [0.05, 0.1) is 6.61 Å². The van der Waals surface area contributed by atoms with Crippen LogP contribution in [0.25, 0.3) is 0 Å². The van der Waals surface area contributed by atoms with E-state index in [1.807, 2.05) is 0 Å². The Morgan fingerprint density at radius 2 is 2.07 bits per heavy atom. The molecule has 6 heteroatoms. The van der Waals surface area contributed by atoms with E-state index in [-0.39, 0.29) is 6.61 Å². The second-order valence-corrected chi connectivity index (χ2v) is 3.46. The number of ether oxygens (including phenoxy) is 2. The highest BCUT2D eigenvalue weighted by atomic mass is 16.7. The molecule has 0 aromatic carbocycles. The van der Waals surface area contributed by atoms with Gasteiger partial charge in [-0.2, -0.15) is 0 Å². The summed E-state index contributed by atoms with van der Waals surface area (Å²) in [5.74, 6) is 0.421. The van der Waals surface area contributed by atoms with Crippen LogP contribution in [0.1, 0.15) is 6.92 Å². The first-order chi connectivity index (χ1) is 6.63. The van der Waals surface area contributed by atoms with Crippen LogP contribution in [0.4, 0.5) is 0 Å². The van der Waals surface area contributed by atoms with Gasteiger partial charge in [-0.1, -0.05) is 0 Å². The van der Waals surface area contributed by atoms with Crippen molar-refractivity contribution in [3.05, 3.63) is 0 Å². The lowest BCUT2D eigenvalue weighted by molar-refractivity contribution is -0.234. The summed E-state index contributed by atoms with van der Waals surface area (Å²) >= 11 is 0. The van der Waals surface area contributed by atoms with Crippen LogP contribution in [-0.2, 0) is 9.47 Å². The second kappa shape index (κ2) is 3.47. The average molecular weight is 203 g/mol. The number of hydrogen-bond donors (Lipinski definition) is 3. The molecule has 0 bridgehead atoms. The molecule has 0 amide bonds. The molecular weight excluding hydrogens is 190 g/mol. The molecule has 0 spiro atoms. The van der Waals surface area contributed by atoms with Crippen molar-refractivity contribution in [2.24, 2.45) is 4.99 Å². The highest BCUT2D eigenvalue weighted by molar-refractivity contribution is 5.75. The molecule has 1 saturated heterocycles. The number of aliphatic hydroxyl groups excluding tert-OH is 3. The fourth-order valence-electron chi connectivity index (χ4n) is 1.71. The van der Waals surface area contributed by atoms with Crippen LogP contribution >= 0.6 is 0 Å². The topological polar surface area (TPSA) is 91.5 Å². The minimum atomic E-state index is -1.13. The zero-order valence-corrected chi connectivity index (χ0v) is 7.70. The van der Waals surface area contributed by atoms with Crippen molar-refractivity contribution in [1.29, 1.82) is 0 Å². The lowest BCUT2D eigenvalue weighted by atomic mass is 9.98. The summed E-state index contributed by atoms with van der Waals surface area (Å²) in [7, 11) is 0. The lowest BCUT2D eigenvalue weighted by Crippen LogP contribution is -2.56. The number of aliphatic imine (C=N–C) groups is 1. The van der Waals surface area contributed by atoms with E-state index in [4.69, 9.17) is 14.6 Å². The Labute approximate surface area is 80.8 Å². The van der Waals surface area contributed by atoms with Crippen LogP contribution in [0.5, 0.6) is 0 Å². The van der Waals surface area contributed by atoms with Gasteiger partial charge in [0, 0.05) is 6.92 Å². The van der Waals surface area contributed by atoms with Gasteiger partial charge in [0.25, 0.3) is 0 Å². The maximum Gasteiger partial charge on any atom is 0.227 e. The molecule has 6 nitrogen and oxygen atoms in total. The quantitative estimate of drug-likeness (QED) is 0.469. The van der Waals surface area contributed by atoms with Crippen molar-refractivity contribution < 1.29 is 24.8 Å². The third-order valence-electron chi connectivity index (χ3n) is 2.47. The van der Waals surface area contributed by atoms with Crippen molar-refractivity contribution in [2.45, 2.75) is 37.6 Å². The van der Waals surface area contributed by atoms with Gasteiger partial charge in [-0.3, -0.25) is 0 Å². The van der Waals surface area contributed by atoms with Crippen LogP contribution in [0.2, 0.25) is 0 Å². The van der Waals surface area contributed by atoms with Gasteiger partial charge in [-0.15, -0.1) is 0 Å². The maximum absolute atomic E-state index is 9.64. The third kappa shape index (κ3) is 1.40. The van der Waals surface area contributed by atoms with Crippen molar-refractivity contribution in [3.63, 3.8) is 0 Å². The fourth-order valence-corrected chi connectivity index (χ4v) is 1.71. The summed E-state index contributed by atoms with van der Waals surface area (Å²) < 4.78 is 10.4. The van der Waals surface area contributed by atoms with E-state index in [0.29, 0.717) is 5.90 Å². The molecule has 0 aliphatic carbocycles. The average Bonchev–Trinajstić information content (AvgIpc) is 2.52. The maximum atomic E-state index is 9.64. The summed E-state index contributed by atoms with van der Waals surface area (Å²) in [5.41, 5.74) is 0. The molecule has 0 radical (unpaired) electrons. The molecule has 1 unspecified atom stereocenters. The smallest absolute Gasteiger partial charge is 0.227 e. The van der Waals surface area contributed by atoms with Gasteiger partial charge < -0.3 is 24.8 Å². The van der Waals surface area contributed by atoms with E-state index in [1.165, 1.54) is 0 Å². The Morgan fingerprint density at radius 1 is 1.36 bits per heavy atom. The Balaban J connectivity index is 2.14. The lowest BCUT2D eigenvalue weighted by Gasteiger charge is -2.36. The summed E-state index contributed by atoms with van der Waals surface area (Å²) in [6, 6.07) is -0.590. The largest absolute Gasteiger partial charge is 0.450 e. The number of fused-ring (bicyclic) bond motifs is 1. The van der Waals surface area contributed by atoms with E-state index in [0.717, 1.165) is 0 Å². The van der Waals surface area contributed by atoms with Crippen LogP contribution < -0.4 is 0 Å². The molecule has 5 atom stereocenters. The summed E-state index contributed by atoms with van der Waals surface area (Å²) in [6.07, 6.45) is -3.68. The number of nitrogens with zero attached hydrogens (tertiary/aromatic N) is 1. The van der Waals surface area contributed by atoms with Crippen LogP contribution in [0.3, 0.4) is 0 Å². The summed E-state index contributed by atoms with van der Waals surface area (Å²) in [5, 5.41) is 28.0. The van der Waals surface area contributed by atoms with Gasteiger partial charge in [0.2, 0.25) is 6.29 Å². The Bertz CT molecular complexity index is 256. The molecule has 2 rings (SSSR count). The molecule has 80 valence electrons. The molecule has 2 aliphatic heterocycles. The highest BCUT2D eigenvalue weighted by Crippen LogP contribution is 2.28. The zero-order valence-electron chi connectivity index (χ0n) is 7.70. The zero-order chi connectivity index (χ0) is 10.3. The standard InChI is InChI=1S/C8H13NO5/c1-3-9-5-7(12)6(11)4(2-10)14-8(5)13-3/h4-8,10-12H,2H2,1H3/t4-,5-,6+,7-,8?/m1/s1. The van der Waals surface area contributed by atoms with E-state index in [9.17, 15) is 10.2 Å². The first-order valence-electron chi connectivity index (χ1n) is 4.47. The molecule has 0 saturated carbocycles. The van der Waals surface area contributed by atoms with E-state index >= 15 is 0 Å². The molecule has 14 heavy (non-hydrogen) atoms. The molecule has 1 fully saturated rings. The number of aliphatic hydroxyl groups is 3. The Kier molecular flexibility index (Phi) is 2.44. The molecule has 0 aromatic heterocycles. The van der Waals surface area contributed by atoms with Crippen molar-refractivity contribution in [3.8, 4) is 0 Å². The van der Waals surface area contributed by atoms with Gasteiger partial charge in [0.15, 0.2) is 5.90 Å². The monoisotopic (exact) mass is 203 g/mol. The highest BCUT2D eigenvalue weighted by Gasteiger charge is 2.48. The van der Waals surface area contributed by atoms with Crippen LogP contribution in [0, 0.1) is 0 Å². The third-order valence-corrected chi connectivity index (χ3v) is 2.47. The minimum Gasteiger partial charge on any atom is -0.450 e. The van der Waals surface area contributed by atoms with Crippen molar-refractivity contribution >= 4 is 5.90 Å². The normalized spacial score (nSPS) is 46.9. The number of hydrogen-bond acceptors (Lipinski definition) is 6. The fraction of sp³-hybridized carbons (Fsp3) is 0.875. The van der Waals surface area contributed by atoms with Gasteiger partial charge >= 0.3 is 0 Å². The van der Waals surface area contributed by atoms with E-state index in [2.05, 4.69) is 4.99 Å². The molecule has 2 aliphatic rings. The summed E-state index contributed by atoms with van der Waals surface area (Å²) in [4.78, 5) is 3.99. The predicted molar refractivity (Wildman–Crippen MR) is 45.7 cm³/mol. The summed E-state index contributed by atoms with van der Waals surface area (Å²) in [6.45, 7) is 1.29. The Hall–Kier alpha value is -0.690. The first-order valence-corrected chi connectivity index (χ1v) is 4.47. The molecule has 0 aromatic rings. The Morgan fingerprint density at radius 3 is 2.71 bits per heavy atom. The van der Waals surface area contributed by atoms with Crippen LogP contribution in [-0.4, -0.2) is 58.5 Å².